The van der Waals surface area contributed by atoms with Crippen LogP contribution in [0.4, 0.5) is 0 Å². The molecule has 0 bridgehead atoms. The number of hydrogen-bond donors (Lipinski definition) is 1. The maximum atomic E-state index is 11.7. The molecule has 0 saturated heterocycles. The molecule has 0 aliphatic heterocycles. The molecule has 0 aromatic carbocycles. The van der Waals surface area contributed by atoms with Gasteiger partial charge in [0.25, 0.3) is 5.91 Å². The van der Waals surface area contributed by atoms with Crippen LogP contribution in [0.25, 0.3) is 0 Å². The van der Waals surface area contributed by atoms with Crippen molar-refractivity contribution in [1.82, 2.24) is 10.3 Å². The molecule has 0 atom stereocenters. The lowest BCUT2D eigenvalue weighted by atomic mass is 9.91. The standard InChI is InChI=1S/C13H20N2O2/c1-13(2,3)11-6-5-10(9-15-11)12(16)14-7-8-17-4/h5-6,9H,7-8H2,1-4H3,(H,14,16). The molecule has 4 nitrogen and oxygen atoms in total. The molecule has 4 heteroatoms. The Balaban J connectivity index is 2.64. The average molecular weight is 236 g/mol. The van der Waals surface area contributed by atoms with Crippen molar-refractivity contribution < 1.29 is 9.53 Å². The Labute approximate surface area is 102 Å². The molecular weight excluding hydrogens is 216 g/mol. The number of carbonyl (C=O) groups excluding carboxylic acids is 1. The van der Waals surface area contributed by atoms with Crippen LogP contribution < -0.4 is 5.32 Å². The van der Waals surface area contributed by atoms with Crippen LogP contribution in [-0.2, 0) is 10.2 Å². The van der Waals surface area contributed by atoms with E-state index >= 15 is 0 Å². The number of nitrogens with one attached hydrogen (secondary N) is 1. The highest BCUT2D eigenvalue weighted by atomic mass is 16.5. The lowest BCUT2D eigenvalue weighted by Gasteiger charge is -2.17. The minimum Gasteiger partial charge on any atom is -0.383 e. The molecular formula is C13H20N2O2. The Kier molecular flexibility index (Phi) is 4.63. The van der Waals surface area contributed by atoms with Crippen molar-refractivity contribution in [2.24, 2.45) is 0 Å². The number of rotatable bonds is 4. The third-order valence-electron chi connectivity index (χ3n) is 2.39. The first kappa shape index (κ1) is 13.6. The summed E-state index contributed by atoms with van der Waals surface area (Å²) in [7, 11) is 1.60. The van der Waals surface area contributed by atoms with E-state index in [1.54, 1.807) is 19.4 Å². The zero-order valence-electron chi connectivity index (χ0n) is 10.9. The third kappa shape index (κ3) is 4.15. The minimum absolute atomic E-state index is 0.00502. The number of nitrogens with zero attached hydrogens (tertiary/aromatic N) is 1. The second kappa shape index (κ2) is 5.77. The number of methoxy groups -OCH3 is 1. The Morgan fingerprint density at radius 2 is 2.12 bits per heavy atom. The predicted octanol–water partition coefficient (Wildman–Crippen LogP) is 1.76. The van der Waals surface area contributed by atoms with E-state index < -0.39 is 0 Å². The highest BCUT2D eigenvalue weighted by Gasteiger charge is 2.15. The van der Waals surface area contributed by atoms with Crippen molar-refractivity contribution in [2.45, 2.75) is 26.2 Å². The lowest BCUT2D eigenvalue weighted by Crippen LogP contribution is -2.27. The van der Waals surface area contributed by atoms with Gasteiger partial charge in [0.1, 0.15) is 0 Å². The molecule has 17 heavy (non-hydrogen) atoms. The molecule has 0 aliphatic carbocycles. The molecule has 0 fully saturated rings. The Morgan fingerprint density at radius 1 is 1.41 bits per heavy atom. The molecule has 0 spiro atoms. The number of carbonyl (C=O) groups is 1. The van der Waals surface area contributed by atoms with Gasteiger partial charge in [-0.2, -0.15) is 0 Å². The first-order valence-corrected chi connectivity index (χ1v) is 5.69. The summed E-state index contributed by atoms with van der Waals surface area (Å²) in [4.78, 5) is 16.0. The van der Waals surface area contributed by atoms with Crippen LogP contribution in [0, 0.1) is 0 Å². The van der Waals surface area contributed by atoms with Gasteiger partial charge in [0.2, 0.25) is 0 Å². The normalized spacial score (nSPS) is 11.3. The smallest absolute Gasteiger partial charge is 0.252 e. The maximum Gasteiger partial charge on any atom is 0.252 e. The van der Waals surface area contributed by atoms with E-state index in [0.717, 1.165) is 5.69 Å². The van der Waals surface area contributed by atoms with Gasteiger partial charge >= 0.3 is 0 Å². The Morgan fingerprint density at radius 3 is 2.59 bits per heavy atom. The number of ether oxygens (including phenoxy) is 1. The van der Waals surface area contributed by atoms with Crippen molar-refractivity contribution in [2.75, 3.05) is 20.3 Å². The Hall–Kier alpha value is -1.42. The van der Waals surface area contributed by atoms with Crippen LogP contribution in [0.5, 0.6) is 0 Å². The molecule has 1 rings (SSSR count). The van der Waals surface area contributed by atoms with Crippen LogP contribution >= 0.6 is 0 Å². The van der Waals surface area contributed by atoms with Crippen LogP contribution in [0.15, 0.2) is 18.3 Å². The van der Waals surface area contributed by atoms with E-state index in [-0.39, 0.29) is 11.3 Å². The lowest BCUT2D eigenvalue weighted by molar-refractivity contribution is 0.0936. The van der Waals surface area contributed by atoms with Gasteiger partial charge in [-0.15, -0.1) is 0 Å². The number of hydrogen-bond acceptors (Lipinski definition) is 3. The molecule has 94 valence electrons. The fourth-order valence-corrected chi connectivity index (χ4v) is 1.34. The van der Waals surface area contributed by atoms with E-state index in [9.17, 15) is 4.79 Å². The van der Waals surface area contributed by atoms with Gasteiger partial charge in [-0.1, -0.05) is 20.8 Å². The van der Waals surface area contributed by atoms with Crippen LogP contribution in [0.2, 0.25) is 0 Å². The fraction of sp³-hybridized carbons (Fsp3) is 0.538. The molecule has 0 saturated carbocycles. The zero-order valence-corrected chi connectivity index (χ0v) is 10.9. The van der Waals surface area contributed by atoms with Gasteiger partial charge in [-0.05, 0) is 12.1 Å². The van der Waals surface area contributed by atoms with Crippen molar-refractivity contribution >= 4 is 5.91 Å². The summed E-state index contributed by atoms with van der Waals surface area (Å²) in [6, 6.07) is 3.70. The number of pyridine rings is 1. The molecule has 1 heterocycles. The highest BCUT2D eigenvalue weighted by molar-refractivity contribution is 5.93. The monoisotopic (exact) mass is 236 g/mol. The summed E-state index contributed by atoms with van der Waals surface area (Å²) >= 11 is 0. The third-order valence-corrected chi connectivity index (χ3v) is 2.39. The van der Waals surface area contributed by atoms with Crippen molar-refractivity contribution in [3.63, 3.8) is 0 Å². The van der Waals surface area contributed by atoms with Gasteiger partial charge < -0.3 is 10.1 Å². The molecule has 1 amide bonds. The Bertz CT molecular complexity index is 366. The molecule has 0 radical (unpaired) electrons. The van der Waals surface area contributed by atoms with Gasteiger partial charge in [-0.25, -0.2) is 0 Å². The molecule has 1 N–H and O–H groups in total. The summed E-state index contributed by atoms with van der Waals surface area (Å²) in [5.41, 5.74) is 1.56. The summed E-state index contributed by atoms with van der Waals surface area (Å²) in [6.45, 7) is 7.30. The minimum atomic E-state index is -0.116. The summed E-state index contributed by atoms with van der Waals surface area (Å²) in [5.74, 6) is -0.116. The second-order valence-electron chi connectivity index (χ2n) is 4.93. The predicted molar refractivity (Wildman–Crippen MR) is 67.1 cm³/mol. The topological polar surface area (TPSA) is 51.2 Å². The van der Waals surface area contributed by atoms with E-state index in [0.29, 0.717) is 18.7 Å². The van der Waals surface area contributed by atoms with Gasteiger partial charge in [-0.3, -0.25) is 9.78 Å². The van der Waals surface area contributed by atoms with E-state index in [1.165, 1.54) is 0 Å². The van der Waals surface area contributed by atoms with Crippen molar-refractivity contribution in [3.8, 4) is 0 Å². The fourth-order valence-electron chi connectivity index (χ4n) is 1.34. The maximum absolute atomic E-state index is 11.7. The van der Waals surface area contributed by atoms with Crippen molar-refractivity contribution in [3.05, 3.63) is 29.6 Å². The number of amides is 1. The first-order chi connectivity index (χ1) is 7.95. The van der Waals surface area contributed by atoms with Gasteiger partial charge in [0.05, 0.1) is 12.2 Å². The summed E-state index contributed by atoms with van der Waals surface area (Å²) < 4.78 is 4.86. The molecule has 0 unspecified atom stereocenters. The molecule has 1 aromatic heterocycles. The largest absolute Gasteiger partial charge is 0.383 e. The van der Waals surface area contributed by atoms with Crippen molar-refractivity contribution in [1.29, 1.82) is 0 Å². The van der Waals surface area contributed by atoms with E-state index in [2.05, 4.69) is 31.1 Å². The zero-order chi connectivity index (χ0) is 12.9. The van der Waals surface area contributed by atoms with Gasteiger partial charge in [0.15, 0.2) is 0 Å². The molecule has 0 aliphatic rings. The van der Waals surface area contributed by atoms with Gasteiger partial charge in [0, 0.05) is 31.0 Å². The van der Waals surface area contributed by atoms with Crippen LogP contribution in [0.1, 0.15) is 36.8 Å². The van der Waals surface area contributed by atoms with Crippen LogP contribution in [0.3, 0.4) is 0 Å². The first-order valence-electron chi connectivity index (χ1n) is 5.69. The quantitative estimate of drug-likeness (QED) is 0.810. The summed E-state index contributed by atoms with van der Waals surface area (Å²) in [6.07, 6.45) is 1.61. The highest BCUT2D eigenvalue weighted by Crippen LogP contribution is 2.19. The van der Waals surface area contributed by atoms with E-state index in [1.807, 2.05) is 6.07 Å². The summed E-state index contributed by atoms with van der Waals surface area (Å²) in [5, 5.41) is 2.75. The average Bonchev–Trinajstić information content (AvgIpc) is 2.28. The second-order valence-corrected chi connectivity index (χ2v) is 4.93. The SMILES string of the molecule is COCCNC(=O)c1ccc(C(C)(C)C)nc1. The van der Waals surface area contributed by atoms with E-state index in [4.69, 9.17) is 4.74 Å². The van der Waals surface area contributed by atoms with Crippen LogP contribution in [-0.4, -0.2) is 31.2 Å². The molecule has 1 aromatic rings. The number of aromatic nitrogens is 1.